The first-order valence-corrected chi connectivity index (χ1v) is 8.30. The molecule has 19 heavy (non-hydrogen) atoms. The molecule has 2 rings (SSSR count). The third-order valence-electron chi connectivity index (χ3n) is 3.43. The molecule has 106 valence electrons. The monoisotopic (exact) mass is 348 g/mol. The number of sulfonamides is 1. The fraction of sp³-hybridized carbons (Fsp3) is 0.500. The van der Waals surface area contributed by atoms with Crippen LogP contribution in [0.15, 0.2) is 21.5 Å². The van der Waals surface area contributed by atoms with Gasteiger partial charge in [-0.15, -0.1) is 0 Å². The van der Waals surface area contributed by atoms with Crippen molar-refractivity contribution in [1.29, 1.82) is 0 Å². The molecule has 1 saturated carbocycles. The summed E-state index contributed by atoms with van der Waals surface area (Å²) < 4.78 is 27.7. The Morgan fingerprint density at radius 3 is 2.68 bits per heavy atom. The van der Waals surface area contributed by atoms with Crippen LogP contribution in [-0.4, -0.2) is 26.2 Å². The lowest BCUT2D eigenvalue weighted by Gasteiger charge is -2.31. The van der Waals surface area contributed by atoms with Gasteiger partial charge >= 0.3 is 0 Å². The van der Waals surface area contributed by atoms with Gasteiger partial charge in [-0.2, -0.15) is 0 Å². The molecule has 0 saturated heterocycles. The number of anilines is 1. The Morgan fingerprint density at radius 2 is 2.11 bits per heavy atom. The van der Waals surface area contributed by atoms with E-state index in [0.717, 1.165) is 0 Å². The molecule has 0 unspecified atom stereocenters. The Morgan fingerprint density at radius 1 is 1.47 bits per heavy atom. The van der Waals surface area contributed by atoms with Crippen LogP contribution in [-0.2, 0) is 10.0 Å². The lowest BCUT2D eigenvalue weighted by Crippen LogP contribution is -2.38. The van der Waals surface area contributed by atoms with Crippen LogP contribution in [0.2, 0.25) is 0 Å². The average molecular weight is 349 g/mol. The van der Waals surface area contributed by atoms with E-state index < -0.39 is 10.0 Å². The van der Waals surface area contributed by atoms with Crippen molar-refractivity contribution in [2.75, 3.05) is 12.3 Å². The number of halogens is 1. The van der Waals surface area contributed by atoms with E-state index in [1.807, 2.05) is 0 Å². The number of nitrogen functional groups attached to an aromatic ring is 1. The molecule has 0 heterocycles. The third-order valence-corrected chi connectivity index (χ3v) is 5.43. The Labute approximate surface area is 121 Å². The summed E-state index contributed by atoms with van der Waals surface area (Å²) in [6.45, 7) is 2.04. The van der Waals surface area contributed by atoms with Gasteiger partial charge in [0.15, 0.2) is 0 Å². The van der Waals surface area contributed by atoms with Crippen LogP contribution >= 0.6 is 15.9 Å². The summed E-state index contributed by atoms with van der Waals surface area (Å²) in [5, 5.41) is 9.18. The van der Waals surface area contributed by atoms with Gasteiger partial charge in [-0.3, -0.25) is 0 Å². The minimum atomic E-state index is -3.57. The second-order valence-electron chi connectivity index (χ2n) is 4.96. The minimum absolute atomic E-state index is 0.194. The summed E-state index contributed by atoms with van der Waals surface area (Å²) in [5.74, 6) is 0.217. The van der Waals surface area contributed by atoms with Crippen LogP contribution in [0.25, 0.3) is 0 Å². The SMILES string of the molecule is Cc1c(N)cc(Br)cc1S(=O)(=O)NCC1CC(O)C1. The number of hydrogen-bond donors (Lipinski definition) is 3. The average Bonchev–Trinajstić information content (AvgIpc) is 2.27. The van der Waals surface area contributed by atoms with Crippen molar-refractivity contribution in [3.05, 3.63) is 22.2 Å². The molecule has 0 atom stereocenters. The molecular weight excluding hydrogens is 332 g/mol. The summed E-state index contributed by atoms with van der Waals surface area (Å²) in [5.41, 5.74) is 6.76. The van der Waals surface area contributed by atoms with E-state index in [1.54, 1.807) is 19.1 Å². The highest BCUT2D eigenvalue weighted by molar-refractivity contribution is 9.10. The number of benzene rings is 1. The van der Waals surface area contributed by atoms with Gasteiger partial charge in [0, 0.05) is 16.7 Å². The maximum absolute atomic E-state index is 12.2. The fourth-order valence-corrected chi connectivity index (χ4v) is 4.17. The van der Waals surface area contributed by atoms with Crippen molar-refractivity contribution >= 4 is 31.6 Å². The normalized spacial score (nSPS) is 23.1. The van der Waals surface area contributed by atoms with Crippen molar-refractivity contribution in [2.45, 2.75) is 30.8 Å². The molecule has 1 fully saturated rings. The molecule has 0 aromatic heterocycles. The molecule has 1 aliphatic carbocycles. The number of nitrogens with two attached hydrogens (primary N) is 1. The Bertz CT molecular complexity index is 583. The summed E-state index contributed by atoms with van der Waals surface area (Å²) in [7, 11) is -3.57. The highest BCUT2D eigenvalue weighted by Crippen LogP contribution is 2.28. The molecule has 0 radical (unpaired) electrons. The van der Waals surface area contributed by atoms with Crippen LogP contribution in [0.5, 0.6) is 0 Å². The lowest BCUT2D eigenvalue weighted by molar-refractivity contribution is 0.0453. The summed E-state index contributed by atoms with van der Waals surface area (Å²) >= 11 is 3.25. The van der Waals surface area contributed by atoms with E-state index in [4.69, 9.17) is 5.73 Å². The lowest BCUT2D eigenvalue weighted by atomic mass is 9.83. The largest absolute Gasteiger partial charge is 0.398 e. The number of aliphatic hydroxyl groups is 1. The van der Waals surface area contributed by atoms with Crippen LogP contribution in [0.3, 0.4) is 0 Å². The molecule has 0 bridgehead atoms. The van der Waals surface area contributed by atoms with Gasteiger partial charge < -0.3 is 10.8 Å². The number of hydrogen-bond acceptors (Lipinski definition) is 4. The summed E-state index contributed by atoms with van der Waals surface area (Å²) in [4.78, 5) is 0.194. The molecule has 1 aromatic rings. The maximum Gasteiger partial charge on any atom is 0.240 e. The number of rotatable bonds is 4. The van der Waals surface area contributed by atoms with Crippen LogP contribution in [0.4, 0.5) is 5.69 Å². The van der Waals surface area contributed by atoms with Crippen molar-refractivity contribution in [3.63, 3.8) is 0 Å². The Balaban J connectivity index is 2.15. The van der Waals surface area contributed by atoms with Crippen molar-refractivity contribution in [3.8, 4) is 0 Å². The van der Waals surface area contributed by atoms with E-state index in [9.17, 15) is 13.5 Å². The molecule has 1 aliphatic rings. The van der Waals surface area contributed by atoms with E-state index in [1.165, 1.54) is 0 Å². The van der Waals surface area contributed by atoms with Gasteiger partial charge in [-0.05, 0) is 43.4 Å². The van der Waals surface area contributed by atoms with Crippen LogP contribution in [0, 0.1) is 12.8 Å². The van der Waals surface area contributed by atoms with Gasteiger partial charge in [0.1, 0.15) is 0 Å². The molecule has 5 nitrogen and oxygen atoms in total. The van der Waals surface area contributed by atoms with Gasteiger partial charge in [0.05, 0.1) is 11.0 Å². The maximum atomic E-state index is 12.2. The highest BCUT2D eigenvalue weighted by atomic mass is 79.9. The van der Waals surface area contributed by atoms with Crippen LogP contribution in [0.1, 0.15) is 18.4 Å². The first-order valence-electron chi connectivity index (χ1n) is 6.03. The molecule has 7 heteroatoms. The molecule has 0 amide bonds. The molecular formula is C12H17BrN2O3S. The smallest absolute Gasteiger partial charge is 0.240 e. The van der Waals surface area contributed by atoms with E-state index >= 15 is 0 Å². The number of aliphatic hydroxyl groups excluding tert-OH is 1. The molecule has 1 aromatic carbocycles. The summed E-state index contributed by atoms with van der Waals surface area (Å²) in [6, 6.07) is 3.22. The van der Waals surface area contributed by atoms with Crippen molar-refractivity contribution in [1.82, 2.24) is 4.72 Å². The van der Waals surface area contributed by atoms with Crippen molar-refractivity contribution < 1.29 is 13.5 Å². The zero-order chi connectivity index (χ0) is 14.2. The quantitative estimate of drug-likeness (QED) is 0.717. The Hall–Kier alpha value is -0.630. The van der Waals surface area contributed by atoms with E-state index in [0.29, 0.717) is 35.1 Å². The topological polar surface area (TPSA) is 92.4 Å². The third kappa shape index (κ3) is 3.28. The summed E-state index contributed by atoms with van der Waals surface area (Å²) in [6.07, 6.45) is 1.03. The van der Waals surface area contributed by atoms with E-state index in [-0.39, 0.29) is 16.9 Å². The highest BCUT2D eigenvalue weighted by Gasteiger charge is 2.29. The molecule has 4 N–H and O–H groups in total. The van der Waals surface area contributed by atoms with Gasteiger partial charge in [-0.1, -0.05) is 15.9 Å². The predicted octanol–water partition coefficient (Wildman–Crippen LogP) is 1.39. The first-order chi connectivity index (χ1) is 8.79. The first kappa shape index (κ1) is 14.8. The van der Waals surface area contributed by atoms with Gasteiger partial charge in [0.2, 0.25) is 10.0 Å². The van der Waals surface area contributed by atoms with Crippen molar-refractivity contribution in [2.24, 2.45) is 5.92 Å². The predicted molar refractivity (Wildman–Crippen MR) is 77.2 cm³/mol. The Kier molecular flexibility index (Phi) is 4.20. The standard InChI is InChI=1S/C12H17BrN2O3S/c1-7-11(14)4-9(13)5-12(7)19(17,18)15-6-8-2-10(16)3-8/h4-5,8,10,15-16H,2-3,6,14H2,1H3. The van der Waals surface area contributed by atoms with Crippen LogP contribution < -0.4 is 10.5 Å². The second kappa shape index (κ2) is 5.40. The van der Waals surface area contributed by atoms with E-state index in [2.05, 4.69) is 20.7 Å². The minimum Gasteiger partial charge on any atom is -0.398 e. The zero-order valence-corrected chi connectivity index (χ0v) is 13.0. The molecule has 0 aliphatic heterocycles. The number of nitrogens with one attached hydrogen (secondary N) is 1. The fourth-order valence-electron chi connectivity index (χ4n) is 2.13. The second-order valence-corrected chi connectivity index (χ2v) is 7.61. The van der Waals surface area contributed by atoms with Gasteiger partial charge in [0.25, 0.3) is 0 Å². The zero-order valence-electron chi connectivity index (χ0n) is 10.6. The van der Waals surface area contributed by atoms with Gasteiger partial charge in [-0.25, -0.2) is 13.1 Å². The molecule has 0 spiro atoms.